The monoisotopic (exact) mass is 631 g/mol. The number of piperidine rings is 1. The summed E-state index contributed by atoms with van der Waals surface area (Å²) in [4.78, 5) is 13.6. The molecule has 1 amide bonds. The van der Waals surface area contributed by atoms with Crippen molar-refractivity contribution in [3.8, 4) is 5.75 Å². The lowest BCUT2D eigenvalue weighted by molar-refractivity contribution is -0.133. The van der Waals surface area contributed by atoms with Gasteiger partial charge in [-0.25, -0.2) is 25.6 Å². The lowest BCUT2D eigenvalue weighted by Gasteiger charge is -2.50. The molecule has 41 heavy (non-hydrogen) atoms. The molecule has 2 aromatic carbocycles. The molecule has 0 saturated carbocycles. The number of hydrogen-bond donors (Lipinski definition) is 0. The van der Waals surface area contributed by atoms with Crippen LogP contribution in [0.3, 0.4) is 0 Å². The zero-order chi connectivity index (χ0) is 29.4. The van der Waals surface area contributed by atoms with Gasteiger partial charge in [0, 0.05) is 37.1 Å². The van der Waals surface area contributed by atoms with Crippen molar-refractivity contribution in [1.29, 1.82) is 0 Å². The van der Waals surface area contributed by atoms with Crippen LogP contribution in [0, 0.1) is 17.6 Å². The molecule has 0 radical (unpaired) electrons. The van der Waals surface area contributed by atoms with Gasteiger partial charge in [-0.05, 0) is 68.5 Å². The van der Waals surface area contributed by atoms with Crippen LogP contribution in [0.25, 0.3) is 0 Å². The number of likely N-dealkylation sites (tertiary alicyclic amines) is 1. The molecule has 0 aromatic heterocycles. The minimum atomic E-state index is -4.38. The van der Waals surface area contributed by atoms with Gasteiger partial charge in [0.15, 0.2) is 21.4 Å². The molecule has 3 aliphatic rings. The predicted octanol–water partition coefficient (Wildman–Crippen LogP) is 4.29. The highest BCUT2D eigenvalue weighted by molar-refractivity contribution is 7.92. The Morgan fingerprint density at radius 1 is 1.00 bits per heavy atom. The summed E-state index contributed by atoms with van der Waals surface area (Å²) in [6.45, 7) is 0.570. The third kappa shape index (κ3) is 5.72. The van der Waals surface area contributed by atoms with E-state index in [9.17, 15) is 26.0 Å². The summed E-state index contributed by atoms with van der Waals surface area (Å²) in [5, 5.41) is 0.308. The van der Waals surface area contributed by atoms with Gasteiger partial charge in [0.25, 0.3) is 0 Å². The van der Waals surface area contributed by atoms with Gasteiger partial charge in [0.2, 0.25) is 5.91 Å². The standard InChI is InChI=1S/C28H32ClF2NO7S2/c29-19-5-7-20(8-6-19)41(36,37)28-12-15-38-24(21(28)18-39-27-23(31)10-9-22(30)26(27)28)11-17-40(34,35)16-3-14-32-13-2-1-4-25(32)33/h5-10,21,24H,1-4,11-18H2/t21-,24-,28-/m0/s1. The maximum atomic E-state index is 15.5. The summed E-state index contributed by atoms with van der Waals surface area (Å²) in [6, 6.07) is 7.21. The van der Waals surface area contributed by atoms with Crippen molar-refractivity contribution >= 4 is 37.2 Å². The van der Waals surface area contributed by atoms with Crippen LogP contribution < -0.4 is 4.74 Å². The topological polar surface area (TPSA) is 107 Å². The van der Waals surface area contributed by atoms with Crippen LogP contribution in [-0.2, 0) is 34.0 Å². The lowest BCUT2D eigenvalue weighted by Crippen LogP contribution is -2.57. The average Bonchev–Trinajstić information content (AvgIpc) is 2.94. The second-order valence-corrected chi connectivity index (χ2v) is 15.7. The van der Waals surface area contributed by atoms with Crippen LogP contribution in [-0.4, -0.2) is 71.6 Å². The van der Waals surface area contributed by atoms with E-state index in [4.69, 9.17) is 21.1 Å². The van der Waals surface area contributed by atoms with Crippen molar-refractivity contribution < 1.29 is 39.9 Å². The summed E-state index contributed by atoms with van der Waals surface area (Å²) in [7, 11) is -7.97. The molecule has 0 unspecified atom stereocenters. The smallest absolute Gasteiger partial charge is 0.222 e. The van der Waals surface area contributed by atoms with E-state index in [2.05, 4.69) is 0 Å². The minimum Gasteiger partial charge on any atom is -0.490 e. The Balaban J connectivity index is 1.42. The third-order valence-corrected chi connectivity index (χ3v) is 12.9. The first-order chi connectivity index (χ1) is 19.5. The van der Waals surface area contributed by atoms with Crippen LogP contribution in [0.4, 0.5) is 8.78 Å². The highest BCUT2D eigenvalue weighted by Gasteiger charge is 2.61. The van der Waals surface area contributed by atoms with Crippen molar-refractivity contribution in [3.63, 3.8) is 0 Å². The van der Waals surface area contributed by atoms with Gasteiger partial charge >= 0.3 is 0 Å². The molecule has 0 spiro atoms. The number of carbonyl (C=O) groups is 1. The zero-order valence-electron chi connectivity index (χ0n) is 22.4. The number of halogens is 3. The predicted molar refractivity (Wildman–Crippen MR) is 148 cm³/mol. The van der Waals surface area contributed by atoms with E-state index in [-0.39, 0.29) is 48.4 Å². The van der Waals surface area contributed by atoms with Gasteiger partial charge in [-0.3, -0.25) is 4.79 Å². The SMILES string of the molecule is O=C1CCCCN1CCCS(=O)(=O)CC[C@@H]1OCC[C@@]2(S(=O)(=O)c3ccc(Cl)cc3)c3c(F)ccc(F)c3OC[C@@H]12. The van der Waals surface area contributed by atoms with Gasteiger partial charge < -0.3 is 14.4 Å². The Morgan fingerprint density at radius 3 is 2.46 bits per heavy atom. The summed E-state index contributed by atoms with van der Waals surface area (Å²) >= 11 is 5.98. The minimum absolute atomic E-state index is 0.0312. The van der Waals surface area contributed by atoms with Gasteiger partial charge in [-0.15, -0.1) is 0 Å². The highest BCUT2D eigenvalue weighted by atomic mass is 35.5. The van der Waals surface area contributed by atoms with E-state index in [0.29, 0.717) is 31.0 Å². The summed E-state index contributed by atoms with van der Waals surface area (Å²) < 4.78 is 94.6. The molecular weight excluding hydrogens is 600 g/mol. The Labute approximate surface area is 243 Å². The fourth-order valence-electron chi connectivity index (χ4n) is 6.31. The largest absolute Gasteiger partial charge is 0.490 e. The van der Waals surface area contributed by atoms with Crippen LogP contribution in [0.2, 0.25) is 5.02 Å². The number of fused-ring (bicyclic) bond motifs is 3. The first kappa shape index (κ1) is 30.2. The molecule has 2 aromatic rings. The second kappa shape index (κ2) is 11.8. The Kier molecular flexibility index (Phi) is 8.67. The molecule has 0 aliphatic carbocycles. The molecule has 0 N–H and O–H groups in total. The number of benzene rings is 2. The molecule has 13 heteroatoms. The Bertz CT molecular complexity index is 1520. The van der Waals surface area contributed by atoms with Crippen LogP contribution in [0.15, 0.2) is 41.3 Å². The zero-order valence-corrected chi connectivity index (χ0v) is 24.7. The first-order valence-electron chi connectivity index (χ1n) is 13.7. The molecule has 224 valence electrons. The van der Waals surface area contributed by atoms with Gasteiger partial charge in [0.05, 0.1) is 34.7 Å². The second-order valence-electron chi connectivity index (χ2n) is 10.8. The van der Waals surface area contributed by atoms with E-state index in [0.717, 1.165) is 25.0 Å². The summed E-state index contributed by atoms with van der Waals surface area (Å²) in [6.07, 6.45) is 1.36. The number of nitrogens with zero attached hydrogens (tertiary/aromatic N) is 1. The highest BCUT2D eigenvalue weighted by Crippen LogP contribution is 2.56. The molecule has 3 aliphatic heterocycles. The molecule has 5 rings (SSSR count). The maximum absolute atomic E-state index is 15.5. The summed E-state index contributed by atoms with van der Waals surface area (Å²) in [5.41, 5.74) is -0.397. The number of amides is 1. The Hall–Kier alpha value is -2.28. The van der Waals surface area contributed by atoms with Crippen molar-refractivity contribution in [2.45, 2.75) is 54.3 Å². The van der Waals surface area contributed by atoms with Crippen molar-refractivity contribution in [3.05, 3.63) is 58.6 Å². The van der Waals surface area contributed by atoms with Gasteiger partial charge in [-0.2, -0.15) is 0 Å². The van der Waals surface area contributed by atoms with Crippen LogP contribution >= 0.6 is 11.6 Å². The number of sulfone groups is 2. The van der Waals surface area contributed by atoms with Gasteiger partial charge in [0.1, 0.15) is 20.4 Å². The maximum Gasteiger partial charge on any atom is 0.222 e. The Morgan fingerprint density at radius 2 is 1.73 bits per heavy atom. The van der Waals surface area contributed by atoms with E-state index in [1.165, 1.54) is 24.3 Å². The third-order valence-electron chi connectivity index (χ3n) is 8.36. The van der Waals surface area contributed by atoms with Crippen molar-refractivity contribution in [2.24, 2.45) is 5.92 Å². The fraction of sp³-hybridized carbons (Fsp3) is 0.536. The molecule has 8 nitrogen and oxygen atoms in total. The lowest BCUT2D eigenvalue weighted by atomic mass is 9.75. The van der Waals surface area contributed by atoms with Crippen molar-refractivity contribution in [2.75, 3.05) is 37.8 Å². The average molecular weight is 632 g/mol. The van der Waals surface area contributed by atoms with E-state index in [1.807, 2.05) is 0 Å². The van der Waals surface area contributed by atoms with E-state index < -0.39 is 59.4 Å². The summed E-state index contributed by atoms with van der Waals surface area (Å²) in [5.74, 6) is -3.68. The van der Waals surface area contributed by atoms with Gasteiger partial charge in [-0.1, -0.05) is 11.6 Å². The van der Waals surface area contributed by atoms with Crippen molar-refractivity contribution in [1.82, 2.24) is 4.90 Å². The number of carbonyl (C=O) groups excluding carboxylic acids is 1. The van der Waals surface area contributed by atoms with E-state index >= 15 is 4.39 Å². The fourth-order valence-corrected chi connectivity index (χ4v) is 10.1. The first-order valence-corrected chi connectivity index (χ1v) is 17.4. The molecule has 3 heterocycles. The molecule has 2 saturated heterocycles. The molecular formula is C28H32ClF2NO7S2. The normalized spacial score (nSPS) is 24.9. The number of rotatable bonds is 9. The molecule has 0 bridgehead atoms. The van der Waals surface area contributed by atoms with E-state index in [1.54, 1.807) is 4.90 Å². The molecule has 2 fully saturated rings. The molecule has 3 atom stereocenters. The van der Waals surface area contributed by atoms with Crippen LogP contribution in [0.1, 0.15) is 44.1 Å². The van der Waals surface area contributed by atoms with Crippen LogP contribution in [0.5, 0.6) is 5.75 Å². The quantitative estimate of drug-likeness (QED) is 0.406. The number of ether oxygens (including phenoxy) is 2. The number of hydrogen-bond acceptors (Lipinski definition) is 7.